The Bertz CT molecular complexity index is 595. The van der Waals surface area contributed by atoms with Gasteiger partial charge in [0.05, 0.1) is 11.9 Å². The van der Waals surface area contributed by atoms with E-state index < -0.39 is 0 Å². The second kappa shape index (κ2) is 6.71. The van der Waals surface area contributed by atoms with Crippen molar-refractivity contribution in [3.63, 3.8) is 0 Å². The third kappa shape index (κ3) is 3.19. The van der Waals surface area contributed by atoms with Crippen LogP contribution in [0, 0.1) is 0 Å². The molecule has 3 heterocycles. The van der Waals surface area contributed by atoms with Gasteiger partial charge in [0.15, 0.2) is 0 Å². The van der Waals surface area contributed by atoms with Gasteiger partial charge in [-0.15, -0.1) is 11.3 Å². The number of nitrogens with zero attached hydrogens (tertiary/aromatic N) is 3. The summed E-state index contributed by atoms with van der Waals surface area (Å²) in [6, 6.07) is 2.81. The van der Waals surface area contributed by atoms with Crippen LogP contribution < -0.4 is 5.32 Å². The highest BCUT2D eigenvalue weighted by molar-refractivity contribution is 7.16. The van der Waals surface area contributed by atoms with Gasteiger partial charge in [0.25, 0.3) is 0 Å². The molecule has 1 N–H and O–H groups in total. The zero-order valence-electron chi connectivity index (χ0n) is 12.9. The predicted octanol–water partition coefficient (Wildman–Crippen LogP) is 3.89. The van der Waals surface area contributed by atoms with E-state index in [1.165, 1.54) is 32.2 Å². The molecule has 3 rings (SSSR count). The van der Waals surface area contributed by atoms with Crippen LogP contribution in [-0.2, 0) is 6.54 Å². The Morgan fingerprint density at radius 3 is 3.05 bits per heavy atom. The fourth-order valence-electron chi connectivity index (χ4n) is 3.18. The van der Waals surface area contributed by atoms with Crippen molar-refractivity contribution in [1.82, 2.24) is 14.9 Å². The van der Waals surface area contributed by atoms with Crippen molar-refractivity contribution in [3.05, 3.63) is 17.3 Å². The van der Waals surface area contributed by atoms with Crippen LogP contribution >= 0.6 is 11.3 Å². The fraction of sp³-hybridized carbons (Fsp3) is 0.625. The number of nitrogens with one attached hydrogen (secondary N) is 1. The first kappa shape index (κ1) is 14.7. The highest BCUT2D eigenvalue weighted by Gasteiger charge is 2.22. The van der Waals surface area contributed by atoms with Crippen LogP contribution in [0.1, 0.15) is 45.4 Å². The van der Waals surface area contributed by atoms with Gasteiger partial charge in [-0.05, 0) is 44.2 Å². The number of likely N-dealkylation sites (tertiary alicyclic amines) is 1. The molecule has 1 aliphatic rings. The molecule has 4 nitrogen and oxygen atoms in total. The maximum absolute atomic E-state index is 4.77. The molecule has 1 aliphatic heterocycles. The summed E-state index contributed by atoms with van der Waals surface area (Å²) in [4.78, 5) is 13.2. The normalized spacial score (nSPS) is 20.0. The maximum atomic E-state index is 4.77. The van der Waals surface area contributed by atoms with Crippen LogP contribution in [0.3, 0.4) is 0 Å². The largest absolute Gasteiger partial charge is 0.370 e. The second-order valence-electron chi connectivity index (χ2n) is 5.69. The van der Waals surface area contributed by atoms with E-state index in [0.29, 0.717) is 6.04 Å². The van der Waals surface area contributed by atoms with Crippen molar-refractivity contribution in [2.45, 2.75) is 52.1 Å². The SMILES string of the molecule is CCNc1nc(CN2CCCCC2CC)nc2sccc12. The standard InChI is InChI=1S/C16H24N4S/c1-3-12-7-5-6-9-20(12)11-14-18-15(17-4-2)13-8-10-21-16(13)19-14/h8,10,12H,3-7,9,11H2,1-2H3,(H,17,18,19). The monoisotopic (exact) mass is 304 g/mol. The molecule has 0 spiro atoms. The molecule has 114 valence electrons. The zero-order valence-corrected chi connectivity index (χ0v) is 13.7. The molecule has 0 bridgehead atoms. The average Bonchev–Trinajstić information content (AvgIpc) is 2.97. The lowest BCUT2D eigenvalue weighted by atomic mass is 10.0. The Morgan fingerprint density at radius 2 is 2.24 bits per heavy atom. The number of anilines is 1. The van der Waals surface area contributed by atoms with E-state index in [1.807, 2.05) is 0 Å². The number of piperidine rings is 1. The number of rotatable bonds is 5. The van der Waals surface area contributed by atoms with Gasteiger partial charge in [-0.1, -0.05) is 13.3 Å². The molecule has 1 saturated heterocycles. The number of aromatic nitrogens is 2. The lowest BCUT2D eigenvalue weighted by Crippen LogP contribution is -2.38. The molecule has 5 heteroatoms. The molecule has 0 aromatic carbocycles. The van der Waals surface area contributed by atoms with Gasteiger partial charge < -0.3 is 5.32 Å². The van der Waals surface area contributed by atoms with Crippen molar-refractivity contribution >= 4 is 27.4 Å². The summed E-state index contributed by atoms with van der Waals surface area (Å²) < 4.78 is 0. The molecule has 0 saturated carbocycles. The van der Waals surface area contributed by atoms with E-state index in [0.717, 1.165) is 34.9 Å². The van der Waals surface area contributed by atoms with Gasteiger partial charge >= 0.3 is 0 Å². The fourth-order valence-corrected chi connectivity index (χ4v) is 3.97. The molecule has 1 atom stereocenters. The quantitative estimate of drug-likeness (QED) is 0.910. The summed E-state index contributed by atoms with van der Waals surface area (Å²) in [6.07, 6.45) is 5.21. The second-order valence-corrected chi connectivity index (χ2v) is 6.58. The van der Waals surface area contributed by atoms with Gasteiger partial charge in [0.2, 0.25) is 0 Å². The highest BCUT2D eigenvalue weighted by atomic mass is 32.1. The van der Waals surface area contributed by atoms with Crippen molar-refractivity contribution < 1.29 is 0 Å². The van der Waals surface area contributed by atoms with E-state index in [2.05, 4.69) is 35.5 Å². The van der Waals surface area contributed by atoms with E-state index in [-0.39, 0.29) is 0 Å². The topological polar surface area (TPSA) is 41.1 Å². The Labute approximate surface area is 130 Å². The van der Waals surface area contributed by atoms with Crippen LogP contribution in [0.25, 0.3) is 10.2 Å². The number of thiophene rings is 1. The van der Waals surface area contributed by atoms with Crippen molar-refractivity contribution in [3.8, 4) is 0 Å². The first-order valence-electron chi connectivity index (χ1n) is 8.03. The van der Waals surface area contributed by atoms with Gasteiger partial charge in [0.1, 0.15) is 16.5 Å². The summed E-state index contributed by atoms with van der Waals surface area (Å²) in [5.41, 5.74) is 0. The van der Waals surface area contributed by atoms with Crippen LogP contribution in [0.2, 0.25) is 0 Å². The van der Waals surface area contributed by atoms with E-state index in [9.17, 15) is 0 Å². The summed E-state index contributed by atoms with van der Waals surface area (Å²) in [5.74, 6) is 1.95. The van der Waals surface area contributed by atoms with E-state index in [4.69, 9.17) is 9.97 Å². The lowest BCUT2D eigenvalue weighted by molar-refractivity contribution is 0.133. The molecule has 2 aromatic heterocycles. The molecule has 1 unspecified atom stereocenters. The Kier molecular flexibility index (Phi) is 4.70. The molecule has 2 aromatic rings. The minimum Gasteiger partial charge on any atom is -0.370 e. The van der Waals surface area contributed by atoms with E-state index >= 15 is 0 Å². The predicted molar refractivity (Wildman–Crippen MR) is 89.9 cm³/mol. The smallest absolute Gasteiger partial charge is 0.146 e. The van der Waals surface area contributed by atoms with Crippen molar-refractivity contribution in [1.29, 1.82) is 0 Å². The number of hydrogen-bond donors (Lipinski definition) is 1. The van der Waals surface area contributed by atoms with Crippen LogP contribution in [0.15, 0.2) is 11.4 Å². The molecular weight excluding hydrogens is 280 g/mol. The Balaban J connectivity index is 1.85. The Morgan fingerprint density at radius 1 is 1.33 bits per heavy atom. The molecule has 1 fully saturated rings. The highest BCUT2D eigenvalue weighted by Crippen LogP contribution is 2.26. The third-order valence-corrected chi connectivity index (χ3v) is 5.09. The summed E-state index contributed by atoms with van der Waals surface area (Å²) >= 11 is 1.70. The van der Waals surface area contributed by atoms with Crippen LogP contribution in [0.4, 0.5) is 5.82 Å². The van der Waals surface area contributed by atoms with Gasteiger partial charge in [-0.2, -0.15) is 0 Å². The first-order valence-corrected chi connectivity index (χ1v) is 8.91. The minimum absolute atomic E-state index is 0.698. The molecule has 0 radical (unpaired) electrons. The Hall–Kier alpha value is -1.20. The van der Waals surface area contributed by atoms with Gasteiger partial charge in [0, 0.05) is 12.6 Å². The molecule has 0 aliphatic carbocycles. The summed E-state index contributed by atoms with van der Waals surface area (Å²) in [6.45, 7) is 7.35. The molecule has 0 amide bonds. The maximum Gasteiger partial charge on any atom is 0.146 e. The summed E-state index contributed by atoms with van der Waals surface area (Å²) in [5, 5.41) is 6.62. The average molecular weight is 304 g/mol. The zero-order chi connectivity index (χ0) is 14.7. The number of fused-ring (bicyclic) bond motifs is 1. The molecule has 21 heavy (non-hydrogen) atoms. The van der Waals surface area contributed by atoms with Gasteiger partial charge in [-0.3, -0.25) is 4.90 Å². The van der Waals surface area contributed by atoms with E-state index in [1.54, 1.807) is 11.3 Å². The summed E-state index contributed by atoms with van der Waals surface area (Å²) in [7, 11) is 0. The number of hydrogen-bond acceptors (Lipinski definition) is 5. The molecular formula is C16H24N4S. The van der Waals surface area contributed by atoms with Crippen molar-refractivity contribution in [2.24, 2.45) is 0 Å². The van der Waals surface area contributed by atoms with Crippen LogP contribution in [0.5, 0.6) is 0 Å². The lowest BCUT2D eigenvalue weighted by Gasteiger charge is -2.34. The first-order chi connectivity index (χ1) is 10.3. The van der Waals surface area contributed by atoms with Crippen LogP contribution in [-0.4, -0.2) is 34.0 Å². The third-order valence-electron chi connectivity index (χ3n) is 4.28. The van der Waals surface area contributed by atoms with Gasteiger partial charge in [-0.25, -0.2) is 9.97 Å². The van der Waals surface area contributed by atoms with Crippen molar-refractivity contribution in [2.75, 3.05) is 18.4 Å². The minimum atomic E-state index is 0.698.